The van der Waals surface area contributed by atoms with Crippen molar-refractivity contribution in [3.05, 3.63) is 53.1 Å². The number of fused-ring (bicyclic) bond motifs is 1. The average molecular weight is 444 g/mol. The van der Waals surface area contributed by atoms with Crippen molar-refractivity contribution in [1.29, 1.82) is 0 Å². The maximum atomic E-state index is 2.74. The molecule has 1 aliphatic heterocycles. The second-order valence-corrected chi connectivity index (χ2v) is 11.7. The Labute approximate surface area is 201 Å². The van der Waals surface area contributed by atoms with Gasteiger partial charge in [-0.25, -0.2) is 4.57 Å². The van der Waals surface area contributed by atoms with Gasteiger partial charge in [-0.1, -0.05) is 69.6 Å². The Morgan fingerprint density at radius 1 is 0.758 bits per heavy atom. The lowest BCUT2D eigenvalue weighted by molar-refractivity contribution is -0.586. The minimum Gasteiger partial charge on any atom is -0.202 e. The van der Waals surface area contributed by atoms with Crippen molar-refractivity contribution in [1.82, 2.24) is 4.57 Å². The van der Waals surface area contributed by atoms with Crippen molar-refractivity contribution in [3.8, 4) is 5.69 Å². The molecule has 0 amide bonds. The van der Waals surface area contributed by atoms with Crippen LogP contribution in [0.3, 0.4) is 0 Å². The lowest BCUT2D eigenvalue weighted by atomic mass is 9.57. The summed E-state index contributed by atoms with van der Waals surface area (Å²) in [6.45, 7) is 4.76. The highest BCUT2D eigenvalue weighted by atomic mass is 15.2. The first-order valence-electron chi connectivity index (χ1n) is 14.1. The summed E-state index contributed by atoms with van der Waals surface area (Å²) in [6.07, 6.45) is 25.1. The van der Waals surface area contributed by atoms with Crippen LogP contribution >= 0.6 is 0 Å². The van der Waals surface area contributed by atoms with E-state index >= 15 is 0 Å². The molecule has 0 spiro atoms. The molecule has 3 aliphatic carbocycles. The van der Waals surface area contributed by atoms with E-state index in [0.29, 0.717) is 5.92 Å². The molecule has 0 saturated heterocycles. The van der Waals surface area contributed by atoms with Gasteiger partial charge in [-0.05, 0) is 75.0 Å². The fourth-order valence-electron chi connectivity index (χ4n) is 8.46. The summed E-state index contributed by atoms with van der Waals surface area (Å²) < 4.78 is 5.45. The van der Waals surface area contributed by atoms with E-state index in [2.05, 4.69) is 59.5 Å². The van der Waals surface area contributed by atoms with Crippen molar-refractivity contribution in [2.24, 2.45) is 11.8 Å². The lowest BCUT2D eigenvalue weighted by Crippen LogP contribution is -2.46. The highest BCUT2D eigenvalue weighted by Gasteiger charge is 2.55. The second kappa shape index (κ2) is 8.75. The quantitative estimate of drug-likeness (QED) is 0.424. The third-order valence-electron chi connectivity index (χ3n) is 9.94. The summed E-state index contributed by atoms with van der Waals surface area (Å²) in [6, 6.07) is 9.10. The Hall–Kier alpha value is -1.83. The molecule has 0 bridgehead atoms. The fourth-order valence-corrected chi connectivity index (χ4v) is 8.46. The first-order chi connectivity index (χ1) is 16.2. The van der Waals surface area contributed by atoms with Crippen molar-refractivity contribution >= 4 is 6.20 Å². The van der Waals surface area contributed by atoms with Crippen LogP contribution in [-0.4, -0.2) is 4.57 Å². The van der Waals surface area contributed by atoms with E-state index in [0.717, 1.165) is 11.8 Å². The Bertz CT molecular complexity index is 1010. The predicted molar refractivity (Wildman–Crippen MR) is 137 cm³/mol. The van der Waals surface area contributed by atoms with E-state index in [9.17, 15) is 0 Å². The highest BCUT2D eigenvalue weighted by Crippen LogP contribution is 2.54. The van der Waals surface area contributed by atoms with Crippen molar-refractivity contribution < 1.29 is 4.57 Å². The number of para-hydroxylation sites is 1. The minimum absolute atomic E-state index is 0.256. The third kappa shape index (κ3) is 3.38. The van der Waals surface area contributed by atoms with Crippen LogP contribution in [0.5, 0.6) is 0 Å². The SMILES string of the molecule is Cc1ccccc1-n1c(C)c2[n+](c1C1CCCC1)C=CC2(C1CCCCC1)C1CCCCC1. The van der Waals surface area contributed by atoms with Gasteiger partial charge in [-0.2, -0.15) is 4.57 Å². The standard InChI is InChI=1S/C31H43N2/c1-23-13-9-12-20-28(23)33-24(2)29-31(26-16-5-3-6-17-26,27-18-7-4-8-19-27)21-22-32(29)30(33)25-14-10-11-15-25/h9,12-13,20-22,25-27H,3-8,10-11,14-19H2,1-2H3/q+1. The Kier molecular flexibility index (Phi) is 5.75. The van der Waals surface area contributed by atoms with Crippen LogP contribution < -0.4 is 4.57 Å². The van der Waals surface area contributed by atoms with Gasteiger partial charge in [0.1, 0.15) is 11.4 Å². The molecule has 1 aromatic carbocycles. The van der Waals surface area contributed by atoms with E-state index < -0.39 is 0 Å². The summed E-state index contributed by atoms with van der Waals surface area (Å²) in [5.74, 6) is 3.92. The summed E-state index contributed by atoms with van der Waals surface area (Å²) in [4.78, 5) is 0. The van der Waals surface area contributed by atoms with E-state index in [-0.39, 0.29) is 5.41 Å². The van der Waals surface area contributed by atoms with Gasteiger partial charge in [0, 0.05) is 6.92 Å². The molecule has 0 atom stereocenters. The number of aromatic nitrogens is 2. The zero-order valence-electron chi connectivity index (χ0n) is 21.0. The van der Waals surface area contributed by atoms with Gasteiger partial charge in [0.05, 0.1) is 17.5 Å². The molecule has 3 saturated carbocycles. The number of hydrogen-bond donors (Lipinski definition) is 0. The summed E-state index contributed by atoms with van der Waals surface area (Å²) in [7, 11) is 0. The highest BCUT2D eigenvalue weighted by molar-refractivity contribution is 5.48. The molecule has 2 heterocycles. The molecule has 176 valence electrons. The van der Waals surface area contributed by atoms with Gasteiger partial charge in [0.15, 0.2) is 5.69 Å². The summed E-state index contributed by atoms with van der Waals surface area (Å²) in [5, 5.41) is 0. The van der Waals surface area contributed by atoms with Crippen LogP contribution in [-0.2, 0) is 5.41 Å². The average Bonchev–Trinajstić information content (AvgIpc) is 3.58. The molecule has 2 aromatic rings. The van der Waals surface area contributed by atoms with Crippen molar-refractivity contribution in [2.45, 2.75) is 115 Å². The van der Waals surface area contributed by atoms with Crippen LogP contribution in [0, 0.1) is 25.7 Å². The first-order valence-corrected chi connectivity index (χ1v) is 14.1. The van der Waals surface area contributed by atoms with E-state index in [1.165, 1.54) is 107 Å². The molecule has 0 radical (unpaired) electrons. The van der Waals surface area contributed by atoms with Crippen LogP contribution in [0.2, 0.25) is 0 Å². The summed E-state index contributed by atoms with van der Waals surface area (Å²) in [5.41, 5.74) is 6.29. The molecule has 0 N–H and O–H groups in total. The van der Waals surface area contributed by atoms with Gasteiger partial charge in [-0.15, -0.1) is 0 Å². The molecular weight excluding hydrogens is 400 g/mol. The molecule has 4 aliphatic rings. The lowest BCUT2D eigenvalue weighted by Gasteiger charge is -2.44. The summed E-state index contributed by atoms with van der Waals surface area (Å²) >= 11 is 0. The number of rotatable bonds is 4. The van der Waals surface area contributed by atoms with Crippen LogP contribution in [0.4, 0.5) is 0 Å². The van der Waals surface area contributed by atoms with Gasteiger partial charge >= 0.3 is 0 Å². The van der Waals surface area contributed by atoms with Gasteiger partial charge < -0.3 is 0 Å². The monoisotopic (exact) mass is 443 g/mol. The maximum absolute atomic E-state index is 2.74. The van der Waals surface area contributed by atoms with Crippen molar-refractivity contribution in [3.63, 3.8) is 0 Å². The Morgan fingerprint density at radius 2 is 1.33 bits per heavy atom. The Morgan fingerprint density at radius 3 is 1.94 bits per heavy atom. The first kappa shape index (κ1) is 21.7. The smallest absolute Gasteiger partial charge is 0.202 e. The maximum Gasteiger partial charge on any atom is 0.269 e. The number of allylic oxidation sites excluding steroid dienone is 1. The van der Waals surface area contributed by atoms with E-state index in [1.54, 1.807) is 11.5 Å². The zero-order chi connectivity index (χ0) is 22.4. The number of aryl methyl sites for hydroxylation is 1. The van der Waals surface area contributed by atoms with E-state index in [1.807, 2.05) is 0 Å². The molecule has 2 heteroatoms. The number of benzene rings is 1. The molecule has 0 unspecified atom stereocenters. The van der Waals surface area contributed by atoms with Crippen molar-refractivity contribution in [2.75, 3.05) is 0 Å². The van der Waals surface area contributed by atoms with E-state index in [4.69, 9.17) is 0 Å². The molecule has 3 fully saturated rings. The fraction of sp³-hybridized carbons (Fsp3) is 0.645. The molecule has 6 rings (SSSR count). The molecular formula is C31H43N2+. The minimum atomic E-state index is 0.256. The number of imidazole rings is 1. The molecule has 33 heavy (non-hydrogen) atoms. The van der Waals surface area contributed by atoms with Crippen LogP contribution in [0.25, 0.3) is 11.9 Å². The number of nitrogens with zero attached hydrogens (tertiary/aromatic N) is 2. The normalized spacial score (nSPS) is 23.9. The second-order valence-electron chi connectivity index (χ2n) is 11.7. The van der Waals surface area contributed by atoms with Crippen LogP contribution in [0.15, 0.2) is 30.3 Å². The van der Waals surface area contributed by atoms with Gasteiger partial charge in [-0.3, -0.25) is 0 Å². The Balaban J connectivity index is 1.59. The molecule has 1 aromatic heterocycles. The van der Waals surface area contributed by atoms with Gasteiger partial charge in [0.25, 0.3) is 5.82 Å². The largest absolute Gasteiger partial charge is 0.269 e. The zero-order valence-corrected chi connectivity index (χ0v) is 21.0. The molecule has 2 nitrogen and oxygen atoms in total. The van der Waals surface area contributed by atoms with Gasteiger partial charge in [0.2, 0.25) is 0 Å². The topological polar surface area (TPSA) is 8.81 Å². The van der Waals surface area contributed by atoms with Crippen LogP contribution in [0.1, 0.15) is 119 Å². The number of hydrogen-bond acceptors (Lipinski definition) is 0. The third-order valence-corrected chi connectivity index (χ3v) is 9.94. The predicted octanol–water partition coefficient (Wildman–Crippen LogP) is 7.92.